The Bertz CT molecular complexity index is 173. The molecular formula is C9H16O3. The lowest BCUT2D eigenvalue weighted by molar-refractivity contribution is -0.167. The van der Waals surface area contributed by atoms with Gasteiger partial charge in [-0.05, 0) is 20.8 Å². The van der Waals surface area contributed by atoms with Gasteiger partial charge in [0.25, 0.3) is 0 Å². The Kier molecular flexibility index (Phi) is 3.96. The molecule has 12 heavy (non-hydrogen) atoms. The second-order valence-corrected chi connectivity index (χ2v) is 3.06. The van der Waals surface area contributed by atoms with E-state index in [-0.39, 0.29) is 12.1 Å². The zero-order chi connectivity index (χ0) is 9.78. The van der Waals surface area contributed by atoms with Gasteiger partial charge in [0.05, 0.1) is 0 Å². The highest BCUT2D eigenvalue weighted by Crippen LogP contribution is 2.11. The van der Waals surface area contributed by atoms with Gasteiger partial charge in [0.2, 0.25) is 0 Å². The van der Waals surface area contributed by atoms with Crippen molar-refractivity contribution in [3.63, 3.8) is 0 Å². The molecule has 0 aromatic rings. The Hall–Kier alpha value is -0.830. The molecule has 0 N–H and O–H groups in total. The predicted molar refractivity (Wildman–Crippen MR) is 46.8 cm³/mol. The number of rotatable bonds is 4. The highest BCUT2D eigenvalue weighted by molar-refractivity contribution is 5.78. The third kappa shape index (κ3) is 3.05. The molecule has 1 atom stereocenters. The summed E-state index contributed by atoms with van der Waals surface area (Å²) in [7, 11) is 1.47. The zero-order valence-corrected chi connectivity index (χ0v) is 8.09. The molecule has 0 spiro atoms. The van der Waals surface area contributed by atoms with E-state index in [1.54, 1.807) is 26.8 Å². The molecule has 0 aliphatic carbocycles. The molecule has 0 aliphatic rings. The zero-order valence-electron chi connectivity index (χ0n) is 8.09. The maximum atomic E-state index is 11.3. The highest BCUT2D eigenvalue weighted by Gasteiger charge is 2.29. The minimum absolute atomic E-state index is 0.271. The van der Waals surface area contributed by atoms with E-state index in [9.17, 15) is 4.79 Å². The maximum Gasteiger partial charge on any atom is 0.338 e. The molecule has 1 unspecified atom stereocenters. The summed E-state index contributed by atoms with van der Waals surface area (Å²) < 4.78 is 9.91. The molecule has 0 heterocycles. The van der Waals surface area contributed by atoms with Crippen LogP contribution in [0.25, 0.3) is 0 Å². The van der Waals surface area contributed by atoms with Crippen molar-refractivity contribution in [2.75, 3.05) is 7.11 Å². The first-order chi connectivity index (χ1) is 5.44. The van der Waals surface area contributed by atoms with E-state index in [1.807, 2.05) is 0 Å². The van der Waals surface area contributed by atoms with Crippen molar-refractivity contribution in [3.05, 3.63) is 12.7 Å². The van der Waals surface area contributed by atoms with Crippen LogP contribution in [0.15, 0.2) is 12.7 Å². The van der Waals surface area contributed by atoms with Crippen molar-refractivity contribution in [3.8, 4) is 0 Å². The Labute approximate surface area is 73.4 Å². The average molecular weight is 172 g/mol. The van der Waals surface area contributed by atoms with Crippen molar-refractivity contribution in [1.82, 2.24) is 0 Å². The van der Waals surface area contributed by atoms with E-state index in [0.717, 1.165) is 0 Å². The third-order valence-corrected chi connectivity index (χ3v) is 1.63. The first-order valence-electron chi connectivity index (χ1n) is 3.83. The van der Waals surface area contributed by atoms with Crippen LogP contribution in [0, 0.1) is 0 Å². The highest BCUT2D eigenvalue weighted by atomic mass is 16.6. The third-order valence-electron chi connectivity index (χ3n) is 1.63. The molecule has 70 valence electrons. The molecule has 0 fully saturated rings. The second kappa shape index (κ2) is 4.26. The summed E-state index contributed by atoms with van der Waals surface area (Å²) in [5.74, 6) is -0.377. The molecule has 0 rings (SSSR count). The Balaban J connectivity index is 4.12. The van der Waals surface area contributed by atoms with Gasteiger partial charge in [-0.2, -0.15) is 0 Å². The summed E-state index contributed by atoms with van der Waals surface area (Å²) in [5, 5.41) is 0. The van der Waals surface area contributed by atoms with Gasteiger partial charge >= 0.3 is 5.97 Å². The summed E-state index contributed by atoms with van der Waals surface area (Å²) in [4.78, 5) is 11.3. The smallest absolute Gasteiger partial charge is 0.338 e. The van der Waals surface area contributed by atoms with E-state index < -0.39 is 5.60 Å². The van der Waals surface area contributed by atoms with E-state index in [1.165, 1.54) is 7.11 Å². The average Bonchev–Trinajstić information content (AvgIpc) is 2.04. The fraction of sp³-hybridized carbons (Fsp3) is 0.667. The van der Waals surface area contributed by atoms with Gasteiger partial charge in [-0.25, -0.2) is 4.79 Å². The normalized spacial score (nSPS) is 13.7. The summed E-state index contributed by atoms with van der Waals surface area (Å²) in [6.45, 7) is 8.57. The van der Waals surface area contributed by atoms with E-state index in [0.29, 0.717) is 0 Å². The molecule has 0 aliphatic heterocycles. The lowest BCUT2D eigenvalue weighted by Gasteiger charge is -2.22. The Morgan fingerprint density at radius 2 is 2.08 bits per heavy atom. The van der Waals surface area contributed by atoms with Crippen LogP contribution in [0.4, 0.5) is 0 Å². The van der Waals surface area contributed by atoms with Crippen LogP contribution in [0.3, 0.4) is 0 Å². The fourth-order valence-corrected chi connectivity index (χ4v) is 0.442. The van der Waals surface area contributed by atoms with Crippen molar-refractivity contribution in [1.29, 1.82) is 0 Å². The van der Waals surface area contributed by atoms with Crippen molar-refractivity contribution in [2.24, 2.45) is 0 Å². The van der Waals surface area contributed by atoms with E-state index in [2.05, 4.69) is 6.58 Å². The number of esters is 1. The lowest BCUT2D eigenvalue weighted by atomic mass is 10.1. The van der Waals surface area contributed by atoms with Crippen molar-refractivity contribution in [2.45, 2.75) is 32.5 Å². The number of ether oxygens (including phenoxy) is 2. The largest absolute Gasteiger partial charge is 0.456 e. The maximum absolute atomic E-state index is 11.3. The van der Waals surface area contributed by atoms with Gasteiger partial charge in [0.15, 0.2) is 5.60 Å². The van der Waals surface area contributed by atoms with Gasteiger partial charge in [-0.15, -0.1) is 0 Å². The van der Waals surface area contributed by atoms with Crippen molar-refractivity contribution < 1.29 is 14.3 Å². The molecule has 0 saturated carbocycles. The molecule has 0 saturated heterocycles. The van der Waals surface area contributed by atoms with Gasteiger partial charge in [-0.1, -0.05) is 12.7 Å². The van der Waals surface area contributed by atoms with Gasteiger partial charge in [0.1, 0.15) is 6.10 Å². The van der Waals surface area contributed by atoms with Crippen LogP contribution in [-0.4, -0.2) is 24.8 Å². The molecule has 0 aromatic carbocycles. The Morgan fingerprint density at radius 1 is 1.58 bits per heavy atom. The summed E-state index contributed by atoms with van der Waals surface area (Å²) in [6, 6.07) is 0. The summed E-state index contributed by atoms with van der Waals surface area (Å²) in [6.07, 6.45) is 1.29. The molecule has 0 bridgehead atoms. The minimum atomic E-state index is -0.878. The van der Waals surface area contributed by atoms with Crippen LogP contribution >= 0.6 is 0 Å². The summed E-state index contributed by atoms with van der Waals surface area (Å²) >= 11 is 0. The lowest BCUT2D eigenvalue weighted by Crippen LogP contribution is -2.37. The Morgan fingerprint density at radius 3 is 2.42 bits per heavy atom. The number of hydrogen-bond donors (Lipinski definition) is 0. The molecule has 3 nitrogen and oxygen atoms in total. The molecule has 0 aromatic heterocycles. The first kappa shape index (κ1) is 11.2. The quantitative estimate of drug-likeness (QED) is 0.476. The van der Waals surface area contributed by atoms with Gasteiger partial charge < -0.3 is 9.47 Å². The summed E-state index contributed by atoms with van der Waals surface area (Å²) in [5.41, 5.74) is -0.878. The van der Waals surface area contributed by atoms with Crippen LogP contribution in [0.5, 0.6) is 0 Å². The van der Waals surface area contributed by atoms with Crippen LogP contribution in [0.1, 0.15) is 20.8 Å². The first-order valence-corrected chi connectivity index (χ1v) is 3.83. The van der Waals surface area contributed by atoms with Crippen LogP contribution in [0.2, 0.25) is 0 Å². The van der Waals surface area contributed by atoms with E-state index in [4.69, 9.17) is 9.47 Å². The monoisotopic (exact) mass is 172 g/mol. The molecule has 0 amide bonds. The van der Waals surface area contributed by atoms with Gasteiger partial charge in [0, 0.05) is 7.11 Å². The topological polar surface area (TPSA) is 35.5 Å². The number of carbonyl (C=O) groups excluding carboxylic acids is 1. The van der Waals surface area contributed by atoms with Crippen LogP contribution in [-0.2, 0) is 14.3 Å². The second-order valence-electron chi connectivity index (χ2n) is 3.06. The minimum Gasteiger partial charge on any atom is -0.456 e. The van der Waals surface area contributed by atoms with Crippen LogP contribution < -0.4 is 0 Å². The van der Waals surface area contributed by atoms with Crippen molar-refractivity contribution >= 4 is 5.97 Å². The SMILES string of the molecule is C=CC(C)OC(=O)C(C)(C)OC. The standard InChI is InChI=1S/C9H16O3/c1-6-7(2)12-8(10)9(3,4)11-5/h6-7H,1H2,2-5H3. The predicted octanol–water partition coefficient (Wildman–Crippen LogP) is 1.53. The number of hydrogen-bond acceptors (Lipinski definition) is 3. The number of carbonyl (C=O) groups is 1. The molecule has 3 heteroatoms. The van der Waals surface area contributed by atoms with E-state index >= 15 is 0 Å². The molecular weight excluding hydrogens is 156 g/mol. The molecule has 0 radical (unpaired) electrons. The number of methoxy groups -OCH3 is 1. The van der Waals surface area contributed by atoms with Gasteiger partial charge in [-0.3, -0.25) is 0 Å². The fourth-order valence-electron chi connectivity index (χ4n) is 0.442.